The van der Waals surface area contributed by atoms with E-state index in [1.807, 2.05) is 0 Å². The number of para-hydroxylation sites is 2. The van der Waals surface area contributed by atoms with Crippen molar-refractivity contribution in [3.8, 4) is 0 Å². The normalized spacial score (nSPS) is 14.6. The molecule has 1 aromatic heterocycles. The van der Waals surface area contributed by atoms with Gasteiger partial charge in [0.05, 0.1) is 16.3 Å². The van der Waals surface area contributed by atoms with Crippen molar-refractivity contribution in [2.24, 2.45) is 0 Å². The second kappa shape index (κ2) is 7.81. The van der Waals surface area contributed by atoms with Crippen molar-refractivity contribution < 1.29 is 23.9 Å². The second-order valence-corrected chi connectivity index (χ2v) is 7.53. The maximum Gasteiger partial charge on any atom is 0.325 e. The zero-order chi connectivity index (χ0) is 20.3. The van der Waals surface area contributed by atoms with Crippen molar-refractivity contribution >= 4 is 46.4 Å². The van der Waals surface area contributed by atoms with E-state index < -0.39 is 24.0 Å². The molecule has 0 aliphatic carbocycles. The summed E-state index contributed by atoms with van der Waals surface area (Å²) in [7, 11) is 0. The molecule has 2 N–H and O–H groups in total. The van der Waals surface area contributed by atoms with Gasteiger partial charge in [0, 0.05) is 0 Å². The van der Waals surface area contributed by atoms with Crippen molar-refractivity contribution in [2.75, 3.05) is 23.4 Å². The molecule has 3 rings (SSSR count). The molecule has 1 aromatic carbocycles. The highest BCUT2D eigenvalue weighted by Crippen LogP contribution is 2.36. The lowest BCUT2D eigenvalue weighted by atomic mass is 9.96. The van der Waals surface area contributed by atoms with Gasteiger partial charge in [-0.05, 0) is 37.4 Å². The summed E-state index contributed by atoms with van der Waals surface area (Å²) >= 11 is 1.25. The molecule has 2 heterocycles. The fourth-order valence-corrected chi connectivity index (χ4v) is 3.44. The molecule has 0 spiro atoms. The van der Waals surface area contributed by atoms with Crippen molar-refractivity contribution in [3.05, 3.63) is 46.7 Å². The van der Waals surface area contributed by atoms with E-state index >= 15 is 0 Å². The summed E-state index contributed by atoms with van der Waals surface area (Å²) in [4.78, 5) is 50.6. The first-order valence-corrected chi connectivity index (χ1v) is 9.39. The number of nitrogens with one attached hydrogen (secondary N) is 2. The van der Waals surface area contributed by atoms with E-state index in [1.165, 1.54) is 16.2 Å². The highest BCUT2D eigenvalue weighted by molar-refractivity contribution is 7.12. The van der Waals surface area contributed by atoms with Crippen LogP contribution in [0.15, 0.2) is 41.8 Å². The molecule has 0 fully saturated rings. The molecule has 28 heavy (non-hydrogen) atoms. The van der Waals surface area contributed by atoms with Crippen LogP contribution in [0.25, 0.3) is 0 Å². The van der Waals surface area contributed by atoms with Crippen LogP contribution in [0.1, 0.15) is 23.5 Å². The van der Waals surface area contributed by atoms with Gasteiger partial charge in [-0.1, -0.05) is 18.2 Å². The van der Waals surface area contributed by atoms with Gasteiger partial charge >= 0.3 is 5.97 Å². The second-order valence-electron chi connectivity index (χ2n) is 6.58. The average Bonchev–Trinajstić information content (AvgIpc) is 3.20. The standard InChI is InChI=1S/C19H19N3O5S/c1-19(2)18(26)21-12-6-3-4-7-13(12)22(19)15(23)11-27-16(24)10-20-17(25)14-8-5-9-28-14/h3-9H,10-11H2,1-2H3,(H,20,25)(H,21,26). The highest BCUT2D eigenvalue weighted by atomic mass is 32.1. The maximum atomic E-state index is 12.7. The third-order valence-corrected chi connectivity index (χ3v) is 5.12. The monoisotopic (exact) mass is 401 g/mol. The summed E-state index contributed by atoms with van der Waals surface area (Å²) in [5, 5.41) is 6.94. The van der Waals surface area contributed by atoms with Crippen LogP contribution in [-0.4, -0.2) is 42.4 Å². The largest absolute Gasteiger partial charge is 0.454 e. The third kappa shape index (κ3) is 3.89. The third-order valence-electron chi connectivity index (χ3n) is 4.25. The number of benzene rings is 1. The summed E-state index contributed by atoms with van der Waals surface area (Å²) in [6.07, 6.45) is 0. The molecule has 1 aliphatic heterocycles. The lowest BCUT2D eigenvalue weighted by molar-refractivity contribution is -0.147. The molecule has 8 nitrogen and oxygen atoms in total. The van der Waals surface area contributed by atoms with Gasteiger partial charge in [-0.15, -0.1) is 11.3 Å². The number of carbonyl (C=O) groups excluding carboxylic acids is 4. The van der Waals surface area contributed by atoms with E-state index in [1.54, 1.807) is 55.6 Å². The molecule has 2 aromatic rings. The predicted octanol–water partition coefficient (Wildman–Crippen LogP) is 1.78. The topological polar surface area (TPSA) is 105 Å². The molecule has 0 atom stereocenters. The number of anilines is 2. The first-order valence-electron chi connectivity index (χ1n) is 8.51. The first-order chi connectivity index (χ1) is 13.3. The fourth-order valence-electron chi connectivity index (χ4n) is 2.80. The molecule has 9 heteroatoms. The number of fused-ring (bicyclic) bond motifs is 1. The quantitative estimate of drug-likeness (QED) is 0.743. The number of nitrogens with zero attached hydrogens (tertiary/aromatic N) is 1. The summed E-state index contributed by atoms with van der Waals surface area (Å²) in [5.41, 5.74) is -0.112. The molecule has 0 saturated heterocycles. The summed E-state index contributed by atoms with van der Waals surface area (Å²) in [5.74, 6) is -2.01. The van der Waals surface area contributed by atoms with Gasteiger partial charge in [-0.25, -0.2) is 0 Å². The van der Waals surface area contributed by atoms with Crippen LogP contribution in [-0.2, 0) is 19.1 Å². The van der Waals surface area contributed by atoms with E-state index in [9.17, 15) is 19.2 Å². The number of thiophene rings is 1. The van der Waals surface area contributed by atoms with Gasteiger partial charge in [-0.2, -0.15) is 0 Å². The van der Waals surface area contributed by atoms with Crippen LogP contribution in [0.5, 0.6) is 0 Å². The number of esters is 1. The Morgan fingerprint density at radius 2 is 1.93 bits per heavy atom. The maximum absolute atomic E-state index is 12.7. The molecular formula is C19H19N3O5S. The van der Waals surface area contributed by atoms with Crippen LogP contribution < -0.4 is 15.5 Å². The van der Waals surface area contributed by atoms with Crippen molar-refractivity contribution in [3.63, 3.8) is 0 Å². The van der Waals surface area contributed by atoms with Gasteiger partial charge < -0.3 is 15.4 Å². The van der Waals surface area contributed by atoms with Crippen molar-refractivity contribution in [1.82, 2.24) is 5.32 Å². The summed E-state index contributed by atoms with van der Waals surface area (Å²) in [6.45, 7) is 2.32. The molecule has 0 radical (unpaired) electrons. The summed E-state index contributed by atoms with van der Waals surface area (Å²) in [6, 6.07) is 10.3. The fraction of sp³-hybridized carbons (Fsp3) is 0.263. The molecule has 0 saturated carbocycles. The number of rotatable bonds is 5. The van der Waals surface area contributed by atoms with Crippen molar-refractivity contribution in [2.45, 2.75) is 19.4 Å². The lowest BCUT2D eigenvalue weighted by Crippen LogP contribution is -2.59. The van der Waals surface area contributed by atoms with Gasteiger partial charge in [0.15, 0.2) is 6.61 Å². The molecule has 3 amide bonds. The minimum Gasteiger partial charge on any atom is -0.454 e. The SMILES string of the molecule is CC1(C)C(=O)Nc2ccccc2N1C(=O)COC(=O)CNC(=O)c1cccs1. The van der Waals surface area contributed by atoms with Crippen LogP contribution in [0.2, 0.25) is 0 Å². The molecule has 0 unspecified atom stereocenters. The first kappa shape index (κ1) is 19.6. The lowest BCUT2D eigenvalue weighted by Gasteiger charge is -2.41. The number of ether oxygens (including phenoxy) is 1. The Morgan fingerprint density at radius 1 is 1.18 bits per heavy atom. The predicted molar refractivity (Wildman–Crippen MR) is 104 cm³/mol. The Bertz CT molecular complexity index is 923. The minimum absolute atomic E-state index is 0.339. The van der Waals surface area contributed by atoms with Gasteiger partial charge in [0.1, 0.15) is 12.1 Å². The number of amides is 3. The van der Waals surface area contributed by atoms with Gasteiger partial charge in [0.25, 0.3) is 11.8 Å². The number of hydrogen-bond donors (Lipinski definition) is 2. The molecular weight excluding hydrogens is 382 g/mol. The highest BCUT2D eigenvalue weighted by Gasteiger charge is 2.43. The Kier molecular flexibility index (Phi) is 5.46. The summed E-state index contributed by atoms with van der Waals surface area (Å²) < 4.78 is 5.00. The van der Waals surface area contributed by atoms with E-state index in [0.717, 1.165) is 0 Å². The van der Waals surface area contributed by atoms with E-state index in [4.69, 9.17) is 4.74 Å². The Morgan fingerprint density at radius 3 is 2.64 bits per heavy atom. The number of carbonyl (C=O) groups is 4. The zero-order valence-electron chi connectivity index (χ0n) is 15.4. The van der Waals surface area contributed by atoms with E-state index in [0.29, 0.717) is 16.3 Å². The van der Waals surface area contributed by atoms with Crippen molar-refractivity contribution in [1.29, 1.82) is 0 Å². The Hall–Kier alpha value is -3.20. The molecule has 1 aliphatic rings. The van der Waals surface area contributed by atoms with E-state index in [2.05, 4.69) is 10.6 Å². The Balaban J connectivity index is 1.61. The number of hydrogen-bond acceptors (Lipinski definition) is 6. The average molecular weight is 401 g/mol. The zero-order valence-corrected chi connectivity index (χ0v) is 16.2. The van der Waals surface area contributed by atoms with E-state index in [-0.39, 0.29) is 18.4 Å². The van der Waals surface area contributed by atoms with Crippen LogP contribution in [0.3, 0.4) is 0 Å². The molecule has 0 bridgehead atoms. The minimum atomic E-state index is -1.15. The molecule has 146 valence electrons. The van der Waals surface area contributed by atoms with Crippen LogP contribution >= 0.6 is 11.3 Å². The van der Waals surface area contributed by atoms with Gasteiger partial charge in [0.2, 0.25) is 5.91 Å². The van der Waals surface area contributed by atoms with Crippen LogP contribution in [0.4, 0.5) is 11.4 Å². The van der Waals surface area contributed by atoms with Gasteiger partial charge in [-0.3, -0.25) is 24.1 Å². The van der Waals surface area contributed by atoms with Crippen LogP contribution in [0, 0.1) is 0 Å². The Labute approximate surface area is 165 Å². The smallest absolute Gasteiger partial charge is 0.325 e.